The molecule has 0 aromatic rings. The third-order valence-corrected chi connectivity index (χ3v) is 4.18. The van der Waals surface area contributed by atoms with Gasteiger partial charge in [-0.05, 0) is 58.8 Å². The Morgan fingerprint density at radius 2 is 2.12 bits per heavy atom. The second kappa shape index (κ2) is 4.87. The topological polar surface area (TPSA) is 41.5 Å². The van der Waals surface area contributed by atoms with E-state index in [4.69, 9.17) is 4.74 Å². The maximum Gasteiger partial charge on any atom is 0.0694 e. The van der Waals surface area contributed by atoms with Gasteiger partial charge in [0.1, 0.15) is 0 Å². The molecule has 100 valence electrons. The number of aliphatic hydroxyl groups is 1. The van der Waals surface area contributed by atoms with Crippen molar-refractivity contribution >= 4 is 0 Å². The van der Waals surface area contributed by atoms with Crippen LogP contribution in [0.15, 0.2) is 0 Å². The summed E-state index contributed by atoms with van der Waals surface area (Å²) >= 11 is 0. The number of hydrogen-bond donors (Lipinski definition) is 2. The van der Waals surface area contributed by atoms with Crippen LogP contribution in [-0.2, 0) is 4.74 Å². The summed E-state index contributed by atoms with van der Waals surface area (Å²) in [7, 11) is 0. The smallest absolute Gasteiger partial charge is 0.0694 e. The summed E-state index contributed by atoms with van der Waals surface area (Å²) in [4.78, 5) is 0. The molecule has 2 fully saturated rings. The highest BCUT2D eigenvalue weighted by Gasteiger charge is 2.44. The molecule has 0 bridgehead atoms. The largest absolute Gasteiger partial charge is 0.392 e. The molecule has 1 aliphatic heterocycles. The van der Waals surface area contributed by atoms with E-state index in [1.165, 1.54) is 19.3 Å². The van der Waals surface area contributed by atoms with Crippen LogP contribution >= 0.6 is 0 Å². The summed E-state index contributed by atoms with van der Waals surface area (Å²) in [6.45, 7) is 7.94. The van der Waals surface area contributed by atoms with E-state index in [0.29, 0.717) is 12.5 Å². The van der Waals surface area contributed by atoms with Gasteiger partial charge < -0.3 is 15.2 Å². The molecule has 3 nitrogen and oxygen atoms in total. The number of aliphatic hydroxyl groups excluding tert-OH is 1. The Bertz CT molecular complexity index is 255. The van der Waals surface area contributed by atoms with Gasteiger partial charge in [0, 0.05) is 18.7 Å². The van der Waals surface area contributed by atoms with Gasteiger partial charge in [-0.1, -0.05) is 0 Å². The van der Waals surface area contributed by atoms with Crippen molar-refractivity contribution < 1.29 is 9.84 Å². The highest BCUT2D eigenvalue weighted by molar-refractivity contribution is 4.95. The molecule has 2 atom stereocenters. The Morgan fingerprint density at radius 3 is 2.65 bits per heavy atom. The summed E-state index contributed by atoms with van der Waals surface area (Å²) in [5, 5.41) is 13.7. The van der Waals surface area contributed by atoms with E-state index in [1.54, 1.807) is 0 Å². The van der Waals surface area contributed by atoms with Gasteiger partial charge in [0.2, 0.25) is 0 Å². The number of nitrogens with one attached hydrogen (secondary N) is 1. The molecule has 1 saturated heterocycles. The zero-order chi connectivity index (χ0) is 12.5. The molecule has 1 heterocycles. The molecule has 2 N–H and O–H groups in total. The summed E-state index contributed by atoms with van der Waals surface area (Å²) in [5.41, 5.74) is 0.228. The van der Waals surface area contributed by atoms with Crippen LogP contribution < -0.4 is 5.32 Å². The molecular formula is C14H27NO2. The zero-order valence-electron chi connectivity index (χ0n) is 11.5. The first-order valence-corrected chi connectivity index (χ1v) is 6.97. The minimum Gasteiger partial charge on any atom is -0.392 e. The van der Waals surface area contributed by atoms with Gasteiger partial charge in [0.05, 0.1) is 11.7 Å². The zero-order valence-corrected chi connectivity index (χ0v) is 11.5. The van der Waals surface area contributed by atoms with Crippen LogP contribution in [0.5, 0.6) is 0 Å². The van der Waals surface area contributed by atoms with E-state index in [2.05, 4.69) is 26.1 Å². The average molecular weight is 241 g/mol. The van der Waals surface area contributed by atoms with E-state index in [0.717, 1.165) is 19.4 Å². The number of rotatable bonds is 3. The fourth-order valence-corrected chi connectivity index (χ4v) is 2.89. The molecule has 2 rings (SSSR count). The van der Waals surface area contributed by atoms with Crippen LogP contribution in [0.2, 0.25) is 0 Å². The summed E-state index contributed by atoms with van der Waals surface area (Å²) in [6.07, 6.45) is 5.53. The van der Waals surface area contributed by atoms with Crippen LogP contribution in [0.1, 0.15) is 52.9 Å². The van der Waals surface area contributed by atoms with E-state index in [9.17, 15) is 5.11 Å². The average Bonchev–Trinajstić information content (AvgIpc) is 2.23. The Hall–Kier alpha value is -0.120. The van der Waals surface area contributed by atoms with Gasteiger partial charge >= 0.3 is 0 Å². The van der Waals surface area contributed by atoms with Crippen molar-refractivity contribution in [3.8, 4) is 0 Å². The molecule has 0 amide bonds. The van der Waals surface area contributed by atoms with Crippen molar-refractivity contribution in [1.29, 1.82) is 0 Å². The van der Waals surface area contributed by atoms with Gasteiger partial charge in [0.25, 0.3) is 0 Å². The van der Waals surface area contributed by atoms with Crippen LogP contribution in [0.4, 0.5) is 0 Å². The lowest BCUT2D eigenvalue weighted by Crippen LogP contribution is -2.50. The monoisotopic (exact) mass is 241 g/mol. The fraction of sp³-hybridized carbons (Fsp3) is 1.00. The molecule has 1 aliphatic carbocycles. The maximum absolute atomic E-state index is 10.3. The van der Waals surface area contributed by atoms with Crippen LogP contribution in [0, 0.1) is 5.92 Å². The van der Waals surface area contributed by atoms with E-state index in [-0.39, 0.29) is 17.2 Å². The van der Waals surface area contributed by atoms with Crippen LogP contribution in [0.25, 0.3) is 0 Å². The first-order chi connectivity index (χ1) is 7.90. The summed E-state index contributed by atoms with van der Waals surface area (Å²) in [5.74, 6) is 0.416. The van der Waals surface area contributed by atoms with Gasteiger partial charge in [0.15, 0.2) is 0 Å². The molecule has 0 radical (unpaired) electrons. The Kier molecular flexibility index (Phi) is 3.81. The SMILES string of the molecule is CC(C)(C)NCC(O)C1CCOC2(CCC2)C1. The van der Waals surface area contributed by atoms with Gasteiger partial charge in [-0.2, -0.15) is 0 Å². The van der Waals surface area contributed by atoms with Crippen molar-refractivity contribution in [2.45, 2.75) is 70.1 Å². The van der Waals surface area contributed by atoms with Crippen molar-refractivity contribution in [3.05, 3.63) is 0 Å². The summed E-state index contributed by atoms with van der Waals surface area (Å²) in [6, 6.07) is 0. The maximum atomic E-state index is 10.3. The molecule has 0 aromatic heterocycles. The van der Waals surface area contributed by atoms with E-state index < -0.39 is 0 Å². The Labute approximate surface area is 105 Å². The van der Waals surface area contributed by atoms with Crippen LogP contribution in [0.3, 0.4) is 0 Å². The molecule has 2 aliphatic rings. The van der Waals surface area contributed by atoms with Gasteiger partial charge in [-0.25, -0.2) is 0 Å². The fourth-order valence-electron chi connectivity index (χ4n) is 2.89. The molecule has 1 spiro atoms. The van der Waals surface area contributed by atoms with Gasteiger partial charge in [-0.3, -0.25) is 0 Å². The highest BCUT2D eigenvalue weighted by Crippen LogP contribution is 2.44. The minimum atomic E-state index is -0.226. The molecule has 0 aromatic carbocycles. The predicted molar refractivity (Wildman–Crippen MR) is 69.0 cm³/mol. The number of β-amino-alcohol motifs (C(OH)–C–C–N with tert-alkyl or cyclic N) is 1. The quantitative estimate of drug-likeness (QED) is 0.795. The van der Waals surface area contributed by atoms with Crippen LogP contribution in [-0.4, -0.2) is 35.5 Å². The second-order valence-corrected chi connectivity index (χ2v) is 6.84. The second-order valence-electron chi connectivity index (χ2n) is 6.84. The lowest BCUT2D eigenvalue weighted by Gasteiger charge is -2.48. The number of ether oxygens (including phenoxy) is 1. The first-order valence-electron chi connectivity index (χ1n) is 6.97. The third-order valence-electron chi connectivity index (χ3n) is 4.18. The van der Waals surface area contributed by atoms with Gasteiger partial charge in [-0.15, -0.1) is 0 Å². The van der Waals surface area contributed by atoms with Crippen molar-refractivity contribution in [2.24, 2.45) is 5.92 Å². The summed E-state index contributed by atoms with van der Waals surface area (Å²) < 4.78 is 5.90. The molecule has 3 heteroatoms. The Balaban J connectivity index is 1.80. The predicted octanol–water partition coefficient (Wildman–Crippen LogP) is 2.08. The van der Waals surface area contributed by atoms with E-state index in [1.807, 2.05) is 0 Å². The molecule has 1 saturated carbocycles. The molecule has 2 unspecified atom stereocenters. The lowest BCUT2D eigenvalue weighted by atomic mass is 9.71. The highest BCUT2D eigenvalue weighted by atomic mass is 16.5. The van der Waals surface area contributed by atoms with Crippen molar-refractivity contribution in [1.82, 2.24) is 5.32 Å². The lowest BCUT2D eigenvalue weighted by molar-refractivity contribution is -0.156. The normalized spacial score (nSPS) is 30.0. The molecular weight excluding hydrogens is 214 g/mol. The number of hydrogen-bond acceptors (Lipinski definition) is 3. The molecule has 17 heavy (non-hydrogen) atoms. The van der Waals surface area contributed by atoms with Crippen molar-refractivity contribution in [3.63, 3.8) is 0 Å². The first kappa shape index (κ1) is 13.3. The van der Waals surface area contributed by atoms with E-state index >= 15 is 0 Å². The van der Waals surface area contributed by atoms with Crippen molar-refractivity contribution in [2.75, 3.05) is 13.2 Å². The third kappa shape index (κ3) is 3.43. The minimum absolute atomic E-state index is 0.0836. The Morgan fingerprint density at radius 1 is 1.41 bits per heavy atom. The standard InChI is InChI=1S/C14H27NO2/c1-13(2,3)15-10-12(16)11-5-8-17-14(9-11)6-4-7-14/h11-12,15-16H,4-10H2,1-3H3.